The van der Waals surface area contributed by atoms with E-state index >= 15 is 0 Å². The molecule has 1 aliphatic heterocycles. The zero-order chi connectivity index (χ0) is 29.5. The van der Waals surface area contributed by atoms with Crippen LogP contribution in [0.4, 0.5) is 5.95 Å². The third kappa shape index (κ3) is 7.18. The summed E-state index contributed by atoms with van der Waals surface area (Å²) in [6.45, 7) is -1.05. The zero-order valence-corrected chi connectivity index (χ0v) is 22.5. The van der Waals surface area contributed by atoms with Crippen molar-refractivity contribution in [2.45, 2.75) is 24.5 Å². The van der Waals surface area contributed by atoms with E-state index in [1.54, 1.807) is 36.4 Å². The molecule has 1 fully saturated rings. The number of phosphoric acid groups is 3. The molecule has 3 aromatic rings. The van der Waals surface area contributed by atoms with Crippen LogP contribution in [0.5, 0.6) is 0 Å². The van der Waals surface area contributed by atoms with Crippen LogP contribution in [0.2, 0.25) is 0 Å². The largest absolute Gasteiger partial charge is 0.490 e. The molecule has 0 radical (unpaired) electrons. The molecule has 0 amide bonds. The summed E-state index contributed by atoms with van der Waals surface area (Å²) in [6.07, 6.45) is -3.58. The number of aromatic nitrogens is 4. The minimum absolute atomic E-state index is 0.0345. The van der Waals surface area contributed by atoms with Gasteiger partial charge in [-0.05, 0) is 11.6 Å². The monoisotopic (exact) mass is 625 g/mol. The molecule has 22 heteroatoms. The smallest absolute Gasteiger partial charge is 0.387 e. The Morgan fingerprint density at radius 1 is 1.00 bits per heavy atom. The lowest BCUT2D eigenvalue weighted by atomic mass is 10.1. The fourth-order valence-corrected chi connectivity index (χ4v) is 6.70. The summed E-state index contributed by atoms with van der Waals surface area (Å²) >= 11 is 0. The highest BCUT2D eigenvalue weighted by atomic mass is 31.3. The van der Waals surface area contributed by atoms with Gasteiger partial charge in [0.25, 0.3) is 5.56 Å². The predicted octanol–water partition coefficient (Wildman–Crippen LogP) is -0.165. The molecule has 218 valence electrons. The highest BCUT2D eigenvalue weighted by Gasteiger charge is 2.47. The Balaban J connectivity index is 1.61. The standard InChI is InChI=1S/C18H22N5O14P3/c19-18-21-15-12(16(26)22-18)20-11(7-6-9-4-2-1-3-5-9)23(15)17-14(25)13(24)10(35-17)8-34-39(30,31)37-40(32,33)36-38(27,28)29/h1-7,10,13-14,17,24-25H,8H2,(H,30,31)(H,32,33)(H2,27,28,29)(H3,19,21,22,26)/b7-6+/t10-,13?,14+,17-/m1/s1. The first-order valence-corrected chi connectivity index (χ1v) is 15.4. The summed E-state index contributed by atoms with van der Waals surface area (Å²) in [4.78, 5) is 59.2. The van der Waals surface area contributed by atoms with Gasteiger partial charge in [0.05, 0.1) is 6.61 Å². The lowest BCUT2D eigenvalue weighted by Crippen LogP contribution is -2.33. The van der Waals surface area contributed by atoms with Gasteiger partial charge in [-0.15, -0.1) is 0 Å². The van der Waals surface area contributed by atoms with Gasteiger partial charge >= 0.3 is 23.5 Å². The summed E-state index contributed by atoms with van der Waals surface area (Å²) in [7, 11) is -16.9. The third-order valence-corrected chi connectivity index (χ3v) is 9.03. The Bertz CT molecular complexity index is 1620. The number of phosphoric ester groups is 1. The van der Waals surface area contributed by atoms with E-state index in [4.69, 9.17) is 20.3 Å². The van der Waals surface area contributed by atoms with E-state index in [0.717, 1.165) is 10.1 Å². The van der Waals surface area contributed by atoms with Crippen molar-refractivity contribution in [3.63, 3.8) is 0 Å². The van der Waals surface area contributed by atoms with Crippen molar-refractivity contribution in [1.29, 1.82) is 0 Å². The van der Waals surface area contributed by atoms with E-state index in [9.17, 15) is 38.5 Å². The SMILES string of the molecule is Nc1nc2c(nc(/C=C/c3ccccc3)n2[C@@H]2O[C@H](COP(=O)(O)OP(=O)(O)OP(=O)(O)O)C(O)[C@@H]2O)c(=O)[nH]1. The van der Waals surface area contributed by atoms with Crippen LogP contribution in [0, 0.1) is 0 Å². The zero-order valence-electron chi connectivity index (χ0n) is 19.8. The van der Waals surface area contributed by atoms with Crippen LogP contribution in [-0.4, -0.2) is 74.2 Å². The first-order chi connectivity index (χ1) is 18.6. The van der Waals surface area contributed by atoms with Crippen molar-refractivity contribution in [3.8, 4) is 0 Å². The maximum atomic E-state index is 12.5. The van der Waals surface area contributed by atoms with Gasteiger partial charge in [-0.2, -0.15) is 13.6 Å². The van der Waals surface area contributed by atoms with Gasteiger partial charge in [-0.3, -0.25) is 18.9 Å². The Morgan fingerprint density at radius 2 is 1.68 bits per heavy atom. The fraction of sp³-hybridized carbons (Fsp3) is 0.278. The second kappa shape index (κ2) is 11.3. The second-order valence-corrected chi connectivity index (χ2v) is 12.6. The Labute approximate surface area is 222 Å². The number of hydrogen-bond acceptors (Lipinski definition) is 13. The maximum Gasteiger partial charge on any atom is 0.490 e. The van der Waals surface area contributed by atoms with Gasteiger partial charge in [0.2, 0.25) is 5.95 Å². The molecular formula is C18H22N5O14P3. The van der Waals surface area contributed by atoms with Gasteiger partial charge in [-0.1, -0.05) is 36.4 Å². The lowest BCUT2D eigenvalue weighted by Gasteiger charge is -2.19. The van der Waals surface area contributed by atoms with Crippen molar-refractivity contribution in [1.82, 2.24) is 19.5 Å². The molecule has 19 nitrogen and oxygen atoms in total. The van der Waals surface area contributed by atoms with Gasteiger partial charge < -0.3 is 40.3 Å². The second-order valence-electron chi connectivity index (χ2n) is 8.14. The van der Waals surface area contributed by atoms with Crippen LogP contribution in [0.3, 0.4) is 0 Å². The van der Waals surface area contributed by atoms with Crippen LogP contribution in [0.1, 0.15) is 17.6 Å². The summed E-state index contributed by atoms with van der Waals surface area (Å²) in [5.41, 5.74) is 5.36. The third-order valence-electron chi connectivity index (χ3n) is 5.23. The molecule has 0 saturated carbocycles. The number of nitrogen functional groups attached to an aromatic ring is 1. The van der Waals surface area contributed by atoms with E-state index in [1.165, 1.54) is 6.08 Å². The number of rotatable bonds is 10. The highest BCUT2D eigenvalue weighted by Crippen LogP contribution is 2.66. The number of imidazole rings is 1. The molecule has 3 heterocycles. The van der Waals surface area contributed by atoms with Gasteiger partial charge in [0.15, 0.2) is 17.4 Å². The molecule has 1 aromatic carbocycles. The molecule has 3 unspecified atom stereocenters. The lowest BCUT2D eigenvalue weighted by molar-refractivity contribution is -0.0505. The van der Waals surface area contributed by atoms with Crippen molar-refractivity contribution in [2.75, 3.05) is 12.3 Å². The molecule has 9 N–H and O–H groups in total. The Kier molecular flexibility index (Phi) is 8.61. The van der Waals surface area contributed by atoms with Crippen LogP contribution < -0.4 is 11.3 Å². The first-order valence-electron chi connectivity index (χ1n) is 10.9. The number of fused-ring (bicyclic) bond motifs is 1. The number of aliphatic hydroxyl groups is 2. The number of hydrogen-bond donors (Lipinski definition) is 8. The van der Waals surface area contributed by atoms with Crippen LogP contribution in [-0.2, 0) is 31.6 Å². The highest BCUT2D eigenvalue weighted by molar-refractivity contribution is 7.66. The molecule has 6 atom stereocenters. The summed E-state index contributed by atoms with van der Waals surface area (Å²) < 4.78 is 52.9. The summed E-state index contributed by atoms with van der Waals surface area (Å²) in [6, 6.07) is 8.90. The molecular weight excluding hydrogens is 603 g/mol. The number of nitrogens with two attached hydrogens (primary N) is 1. The average Bonchev–Trinajstić information content (AvgIpc) is 3.31. The summed E-state index contributed by atoms with van der Waals surface area (Å²) in [5, 5.41) is 21.3. The van der Waals surface area contributed by atoms with Crippen molar-refractivity contribution >= 4 is 52.7 Å². The molecule has 0 aliphatic carbocycles. The normalized spacial score (nSPS) is 24.9. The van der Waals surface area contributed by atoms with Gasteiger partial charge in [-0.25, -0.2) is 18.7 Å². The fourth-order valence-electron chi connectivity index (χ4n) is 3.67. The molecule has 40 heavy (non-hydrogen) atoms. The number of aliphatic hydroxyl groups excluding tert-OH is 2. The van der Waals surface area contributed by atoms with Crippen molar-refractivity contribution in [2.24, 2.45) is 0 Å². The molecule has 4 rings (SSSR count). The first kappa shape index (κ1) is 30.4. The van der Waals surface area contributed by atoms with Crippen LogP contribution in [0.15, 0.2) is 35.1 Å². The molecule has 1 saturated heterocycles. The van der Waals surface area contributed by atoms with E-state index in [2.05, 4.69) is 28.1 Å². The minimum atomic E-state index is -5.78. The quantitative estimate of drug-likeness (QED) is 0.136. The maximum absolute atomic E-state index is 12.5. The average molecular weight is 625 g/mol. The number of nitrogens with one attached hydrogen (secondary N) is 1. The van der Waals surface area contributed by atoms with Crippen molar-refractivity contribution in [3.05, 3.63) is 52.1 Å². The molecule has 0 bridgehead atoms. The molecule has 2 aromatic heterocycles. The Hall–Kier alpha value is -2.60. The van der Waals surface area contributed by atoms with E-state index < -0.39 is 60.2 Å². The minimum Gasteiger partial charge on any atom is -0.387 e. The molecule has 0 spiro atoms. The summed E-state index contributed by atoms with van der Waals surface area (Å²) in [5.74, 6) is -0.262. The number of H-pyrrole nitrogens is 1. The topological polar surface area (TPSA) is 299 Å². The van der Waals surface area contributed by atoms with E-state index in [0.29, 0.717) is 0 Å². The van der Waals surface area contributed by atoms with Gasteiger partial charge in [0.1, 0.15) is 24.1 Å². The van der Waals surface area contributed by atoms with Crippen LogP contribution in [0.25, 0.3) is 23.3 Å². The number of anilines is 1. The number of ether oxygens (including phenoxy) is 1. The number of aromatic amines is 1. The van der Waals surface area contributed by atoms with E-state index in [1.807, 2.05) is 0 Å². The van der Waals surface area contributed by atoms with Crippen LogP contribution >= 0.6 is 23.5 Å². The number of benzene rings is 1. The molecule has 1 aliphatic rings. The number of nitrogens with zero attached hydrogens (tertiary/aromatic N) is 3. The Morgan fingerprint density at radius 3 is 2.33 bits per heavy atom. The predicted molar refractivity (Wildman–Crippen MR) is 134 cm³/mol. The van der Waals surface area contributed by atoms with Crippen molar-refractivity contribution < 1.29 is 61.4 Å². The van der Waals surface area contributed by atoms with Gasteiger partial charge in [0, 0.05) is 0 Å². The van der Waals surface area contributed by atoms with E-state index in [-0.39, 0.29) is 22.9 Å².